The second kappa shape index (κ2) is 8.25. The minimum absolute atomic E-state index is 0.173. The fourth-order valence-corrected chi connectivity index (χ4v) is 8.56. The molecule has 0 amide bonds. The molecule has 4 aliphatic rings. The number of rotatable bonds is 5. The van der Waals surface area contributed by atoms with Crippen molar-refractivity contribution in [3.63, 3.8) is 0 Å². The van der Waals surface area contributed by atoms with Crippen LogP contribution < -0.4 is 0 Å². The Morgan fingerprint density at radius 3 is 2.53 bits per heavy atom. The van der Waals surface area contributed by atoms with E-state index in [1.807, 2.05) is 0 Å². The summed E-state index contributed by atoms with van der Waals surface area (Å²) in [6, 6.07) is 0. The molecule has 4 aliphatic carbocycles. The van der Waals surface area contributed by atoms with E-state index < -0.39 is 0 Å². The molecular formula is C28H44O2. The zero-order valence-electron chi connectivity index (χ0n) is 20.0. The highest BCUT2D eigenvalue weighted by atomic mass is 16.3. The summed E-state index contributed by atoms with van der Waals surface area (Å²) in [4.78, 5) is 12.1. The number of allylic oxidation sites excluding steroid dienone is 2. The molecular weight excluding hydrogens is 368 g/mol. The number of aliphatic hydroxyl groups is 1. The third kappa shape index (κ3) is 3.57. The molecule has 2 nitrogen and oxygen atoms in total. The minimum atomic E-state index is -0.231. The number of carbonyl (C=O) groups excluding carboxylic acids is 1. The van der Waals surface area contributed by atoms with E-state index in [0.717, 1.165) is 42.6 Å². The molecule has 168 valence electrons. The molecule has 0 radical (unpaired) electrons. The van der Waals surface area contributed by atoms with Gasteiger partial charge in [0.05, 0.1) is 6.10 Å². The molecule has 3 saturated carbocycles. The highest BCUT2D eigenvalue weighted by molar-refractivity contribution is 5.61. The molecule has 0 aromatic rings. The van der Waals surface area contributed by atoms with Gasteiger partial charge < -0.3 is 5.11 Å². The third-order valence-electron chi connectivity index (χ3n) is 10.3. The molecule has 1 N–H and O–H groups in total. The molecule has 4 rings (SSSR count). The van der Waals surface area contributed by atoms with Gasteiger partial charge in [0.2, 0.25) is 0 Å². The predicted molar refractivity (Wildman–Crippen MR) is 124 cm³/mol. The molecule has 0 spiro atoms. The van der Waals surface area contributed by atoms with Crippen molar-refractivity contribution in [2.45, 2.75) is 105 Å². The molecule has 0 unspecified atom stereocenters. The maximum absolute atomic E-state index is 12.1. The SMILES string of the molecule is CC(C)CCC[C@@H](C)[C@H]1CC[C@H]2[C@@H]3C(=C=O)C=C4C[C@@H](O)CC[C@]4(C)[C@H]3CC[C@]12C. The van der Waals surface area contributed by atoms with E-state index in [4.69, 9.17) is 0 Å². The average molecular weight is 413 g/mol. The maximum atomic E-state index is 12.1. The molecule has 0 aliphatic heterocycles. The zero-order valence-corrected chi connectivity index (χ0v) is 20.0. The van der Waals surface area contributed by atoms with Crippen LogP contribution in [0.5, 0.6) is 0 Å². The number of hydrogen-bond donors (Lipinski definition) is 1. The van der Waals surface area contributed by atoms with Crippen LogP contribution in [0.15, 0.2) is 17.2 Å². The first-order valence-electron chi connectivity index (χ1n) is 12.8. The Morgan fingerprint density at radius 1 is 1.07 bits per heavy atom. The molecule has 2 heteroatoms. The quantitative estimate of drug-likeness (QED) is 0.507. The Morgan fingerprint density at radius 2 is 1.83 bits per heavy atom. The lowest BCUT2D eigenvalue weighted by atomic mass is 9.46. The average Bonchev–Trinajstić information content (AvgIpc) is 3.05. The second-order valence-electron chi connectivity index (χ2n) is 12.3. The Balaban J connectivity index is 1.59. The van der Waals surface area contributed by atoms with Gasteiger partial charge >= 0.3 is 0 Å². The lowest BCUT2D eigenvalue weighted by Gasteiger charge is -2.58. The van der Waals surface area contributed by atoms with E-state index in [-0.39, 0.29) is 11.5 Å². The summed E-state index contributed by atoms with van der Waals surface area (Å²) >= 11 is 0. The van der Waals surface area contributed by atoms with Gasteiger partial charge in [-0.15, -0.1) is 0 Å². The summed E-state index contributed by atoms with van der Waals surface area (Å²) in [6.07, 6.45) is 13.9. The van der Waals surface area contributed by atoms with E-state index in [2.05, 4.69) is 46.6 Å². The van der Waals surface area contributed by atoms with Gasteiger partial charge in [0.25, 0.3) is 0 Å². The number of fused-ring (bicyclic) bond motifs is 5. The van der Waals surface area contributed by atoms with Gasteiger partial charge in [-0.05, 0) is 91.4 Å². The molecule has 0 heterocycles. The Labute approximate surface area is 184 Å². The van der Waals surface area contributed by atoms with Crippen molar-refractivity contribution in [3.8, 4) is 0 Å². The molecule has 30 heavy (non-hydrogen) atoms. The topological polar surface area (TPSA) is 37.3 Å². The maximum Gasteiger partial charge on any atom is 0.128 e. The van der Waals surface area contributed by atoms with Crippen LogP contribution in [-0.4, -0.2) is 17.2 Å². The van der Waals surface area contributed by atoms with Crippen molar-refractivity contribution < 1.29 is 9.90 Å². The van der Waals surface area contributed by atoms with E-state index in [0.29, 0.717) is 23.2 Å². The van der Waals surface area contributed by atoms with E-state index >= 15 is 0 Å². The smallest absolute Gasteiger partial charge is 0.128 e. The zero-order chi connectivity index (χ0) is 21.7. The second-order valence-corrected chi connectivity index (χ2v) is 12.3. The Bertz CT molecular complexity index is 729. The first kappa shape index (κ1) is 22.3. The van der Waals surface area contributed by atoms with Crippen LogP contribution in [0, 0.1) is 46.3 Å². The molecule has 0 bridgehead atoms. The molecule has 0 saturated heterocycles. The molecule has 0 aromatic carbocycles. The van der Waals surface area contributed by atoms with Crippen molar-refractivity contribution in [2.75, 3.05) is 0 Å². The van der Waals surface area contributed by atoms with E-state index in [9.17, 15) is 9.90 Å². The molecule has 8 atom stereocenters. The van der Waals surface area contributed by atoms with Crippen LogP contribution in [0.25, 0.3) is 0 Å². The van der Waals surface area contributed by atoms with Crippen LogP contribution >= 0.6 is 0 Å². The standard InChI is InChI=1S/C28H44O2/c1-18(2)7-6-8-19(3)23-9-10-24-26-20(17-29)15-21-16-22(30)11-13-27(21,4)25(26)12-14-28(23,24)5/h15,18-19,22-26,30H,6-14,16H2,1-5H3/t19-,22+,23-,24+,25+,26+,27+,28-/m1/s1. The van der Waals surface area contributed by atoms with Crippen molar-refractivity contribution in [1.29, 1.82) is 0 Å². The van der Waals surface area contributed by atoms with Crippen molar-refractivity contribution in [3.05, 3.63) is 17.2 Å². The first-order valence-corrected chi connectivity index (χ1v) is 12.8. The van der Waals surface area contributed by atoms with Crippen LogP contribution in [0.3, 0.4) is 0 Å². The molecule has 0 aromatic heterocycles. The van der Waals surface area contributed by atoms with E-state index in [1.54, 1.807) is 0 Å². The van der Waals surface area contributed by atoms with Crippen LogP contribution in [0.2, 0.25) is 0 Å². The fourth-order valence-electron chi connectivity index (χ4n) is 8.56. The van der Waals surface area contributed by atoms with Crippen molar-refractivity contribution in [2.24, 2.45) is 46.3 Å². The predicted octanol–water partition coefficient (Wildman–Crippen LogP) is 6.76. The van der Waals surface area contributed by atoms with Gasteiger partial charge in [0.1, 0.15) is 5.94 Å². The van der Waals surface area contributed by atoms with Crippen molar-refractivity contribution in [1.82, 2.24) is 0 Å². The largest absolute Gasteiger partial charge is 0.393 e. The monoisotopic (exact) mass is 412 g/mol. The van der Waals surface area contributed by atoms with Gasteiger partial charge in [0.15, 0.2) is 0 Å². The Kier molecular flexibility index (Phi) is 6.15. The van der Waals surface area contributed by atoms with Gasteiger partial charge in [-0.25, -0.2) is 4.79 Å². The highest BCUT2D eigenvalue weighted by Gasteiger charge is 2.60. The minimum Gasteiger partial charge on any atom is -0.393 e. The number of aliphatic hydroxyl groups excluding tert-OH is 1. The molecule has 3 fully saturated rings. The van der Waals surface area contributed by atoms with Crippen LogP contribution in [0.4, 0.5) is 0 Å². The summed E-state index contributed by atoms with van der Waals surface area (Å²) in [6.45, 7) is 12.2. The van der Waals surface area contributed by atoms with Gasteiger partial charge in [0, 0.05) is 11.5 Å². The van der Waals surface area contributed by atoms with Gasteiger partial charge in [-0.3, -0.25) is 0 Å². The summed E-state index contributed by atoms with van der Waals surface area (Å²) in [5.74, 6) is 6.37. The van der Waals surface area contributed by atoms with Gasteiger partial charge in [-0.2, -0.15) is 0 Å². The van der Waals surface area contributed by atoms with E-state index in [1.165, 1.54) is 50.5 Å². The summed E-state index contributed by atoms with van der Waals surface area (Å²) in [5, 5.41) is 10.3. The normalized spacial score (nSPS) is 44.0. The lowest BCUT2D eigenvalue weighted by Crippen LogP contribution is -2.51. The summed E-state index contributed by atoms with van der Waals surface area (Å²) in [7, 11) is 0. The van der Waals surface area contributed by atoms with Crippen LogP contribution in [0.1, 0.15) is 98.8 Å². The first-order chi connectivity index (χ1) is 14.2. The van der Waals surface area contributed by atoms with Gasteiger partial charge in [-0.1, -0.05) is 59.5 Å². The Hall–Kier alpha value is -0.850. The van der Waals surface area contributed by atoms with Crippen molar-refractivity contribution >= 4 is 5.94 Å². The number of hydrogen-bond acceptors (Lipinski definition) is 2. The summed E-state index contributed by atoms with van der Waals surface area (Å²) < 4.78 is 0. The third-order valence-corrected chi connectivity index (χ3v) is 10.3. The summed E-state index contributed by atoms with van der Waals surface area (Å²) in [5.41, 5.74) is 2.81. The lowest BCUT2D eigenvalue weighted by molar-refractivity contribution is -0.0412. The fraction of sp³-hybridized carbons (Fsp3) is 0.857. The highest BCUT2D eigenvalue weighted by Crippen LogP contribution is 2.68. The van der Waals surface area contributed by atoms with Crippen LogP contribution in [-0.2, 0) is 4.79 Å².